The largest absolute Gasteiger partial charge is 0.389 e. The van der Waals surface area contributed by atoms with E-state index in [1.165, 1.54) is 22.5 Å². The SMILES string of the molecule is CC.CCc1c(C)ccc2sc(N)c(C#N)c12. The lowest BCUT2D eigenvalue weighted by molar-refractivity contribution is 1.13. The highest BCUT2D eigenvalue weighted by Gasteiger charge is 2.13. The fourth-order valence-corrected chi connectivity index (χ4v) is 2.90. The number of hydrogen-bond donors (Lipinski definition) is 1. The molecule has 0 saturated heterocycles. The summed E-state index contributed by atoms with van der Waals surface area (Å²) in [7, 11) is 0. The summed E-state index contributed by atoms with van der Waals surface area (Å²) in [6, 6.07) is 6.35. The predicted molar refractivity (Wildman–Crippen MR) is 76.4 cm³/mol. The van der Waals surface area contributed by atoms with Crippen LogP contribution in [0.3, 0.4) is 0 Å². The van der Waals surface area contributed by atoms with E-state index in [4.69, 9.17) is 11.0 Å². The number of nitrogens with zero attached hydrogens (tertiary/aromatic N) is 1. The molecule has 17 heavy (non-hydrogen) atoms. The monoisotopic (exact) mass is 246 g/mol. The van der Waals surface area contributed by atoms with Gasteiger partial charge in [0.2, 0.25) is 0 Å². The molecule has 1 heterocycles. The average molecular weight is 246 g/mol. The predicted octanol–water partition coefficient (Wildman–Crippen LogP) is 4.25. The van der Waals surface area contributed by atoms with Gasteiger partial charge in [0.25, 0.3) is 0 Å². The van der Waals surface area contributed by atoms with Crippen molar-refractivity contribution < 1.29 is 0 Å². The summed E-state index contributed by atoms with van der Waals surface area (Å²) in [5, 5.41) is 10.8. The molecule has 0 fully saturated rings. The molecule has 2 rings (SSSR count). The van der Waals surface area contributed by atoms with E-state index in [-0.39, 0.29) is 0 Å². The van der Waals surface area contributed by atoms with Crippen molar-refractivity contribution in [2.24, 2.45) is 0 Å². The maximum atomic E-state index is 9.09. The Kier molecular flexibility index (Phi) is 4.53. The fourth-order valence-electron chi connectivity index (χ4n) is 1.95. The second-order valence-electron chi connectivity index (χ2n) is 3.54. The zero-order valence-corrected chi connectivity index (χ0v) is 11.6. The molecule has 0 saturated carbocycles. The molecular weight excluding hydrogens is 228 g/mol. The van der Waals surface area contributed by atoms with Crippen LogP contribution in [0.4, 0.5) is 5.00 Å². The highest BCUT2D eigenvalue weighted by atomic mass is 32.1. The van der Waals surface area contributed by atoms with Crippen molar-refractivity contribution in [3.05, 3.63) is 28.8 Å². The van der Waals surface area contributed by atoms with Crippen molar-refractivity contribution in [1.82, 2.24) is 0 Å². The molecule has 1 aromatic heterocycles. The van der Waals surface area contributed by atoms with Gasteiger partial charge in [0.05, 0.1) is 5.56 Å². The molecule has 2 N–H and O–H groups in total. The first kappa shape index (κ1) is 13.5. The summed E-state index contributed by atoms with van der Waals surface area (Å²) in [5.74, 6) is 0. The van der Waals surface area contributed by atoms with Crippen LogP contribution in [0, 0.1) is 18.3 Å². The zero-order valence-electron chi connectivity index (χ0n) is 10.8. The van der Waals surface area contributed by atoms with Gasteiger partial charge in [-0.3, -0.25) is 0 Å². The summed E-state index contributed by atoms with van der Waals surface area (Å²) >= 11 is 1.50. The Hall–Kier alpha value is -1.53. The van der Waals surface area contributed by atoms with Gasteiger partial charge in [-0.2, -0.15) is 5.26 Å². The molecular formula is C14H18N2S. The van der Waals surface area contributed by atoms with E-state index < -0.39 is 0 Å². The number of nitrogens with two attached hydrogens (primary N) is 1. The lowest BCUT2D eigenvalue weighted by atomic mass is 9.99. The van der Waals surface area contributed by atoms with E-state index in [9.17, 15) is 0 Å². The average Bonchev–Trinajstić information content (AvgIpc) is 2.67. The molecule has 0 aliphatic heterocycles. The summed E-state index contributed by atoms with van der Waals surface area (Å²) in [6.45, 7) is 8.18. The molecule has 0 aliphatic rings. The summed E-state index contributed by atoms with van der Waals surface area (Å²) in [5.41, 5.74) is 8.96. The van der Waals surface area contributed by atoms with Gasteiger partial charge in [-0.15, -0.1) is 11.3 Å². The Morgan fingerprint density at radius 1 is 1.35 bits per heavy atom. The van der Waals surface area contributed by atoms with Gasteiger partial charge in [0, 0.05) is 10.1 Å². The summed E-state index contributed by atoms with van der Waals surface area (Å²) in [4.78, 5) is 0. The van der Waals surface area contributed by atoms with Gasteiger partial charge in [-0.05, 0) is 30.5 Å². The van der Waals surface area contributed by atoms with E-state index in [0.29, 0.717) is 10.6 Å². The lowest BCUT2D eigenvalue weighted by Gasteiger charge is -2.04. The summed E-state index contributed by atoms with van der Waals surface area (Å²) in [6.07, 6.45) is 0.939. The number of thiophene rings is 1. The van der Waals surface area contributed by atoms with Crippen LogP contribution in [0.25, 0.3) is 10.1 Å². The maximum absolute atomic E-state index is 9.09. The van der Waals surface area contributed by atoms with Crippen LogP contribution in [0.5, 0.6) is 0 Å². The molecule has 0 atom stereocenters. The molecule has 0 aliphatic carbocycles. The van der Waals surface area contributed by atoms with Crippen LogP contribution in [-0.2, 0) is 6.42 Å². The molecule has 90 valence electrons. The van der Waals surface area contributed by atoms with Crippen molar-refractivity contribution >= 4 is 26.4 Å². The van der Waals surface area contributed by atoms with Crippen molar-refractivity contribution in [2.75, 3.05) is 5.73 Å². The lowest BCUT2D eigenvalue weighted by Crippen LogP contribution is -1.89. The molecule has 3 heteroatoms. The van der Waals surface area contributed by atoms with Gasteiger partial charge >= 0.3 is 0 Å². The third-order valence-corrected chi connectivity index (χ3v) is 3.67. The Morgan fingerprint density at radius 2 is 2.00 bits per heavy atom. The number of hydrogen-bond acceptors (Lipinski definition) is 3. The highest BCUT2D eigenvalue weighted by molar-refractivity contribution is 7.23. The zero-order chi connectivity index (χ0) is 13.0. The van der Waals surface area contributed by atoms with E-state index in [0.717, 1.165) is 16.5 Å². The first-order valence-corrected chi connectivity index (χ1v) is 6.71. The number of benzene rings is 1. The highest BCUT2D eigenvalue weighted by Crippen LogP contribution is 2.36. The standard InChI is InChI=1S/C12H12N2S.C2H6/c1-3-8-7(2)4-5-10-11(8)9(6-13)12(14)15-10;1-2/h4-5H,3,14H2,1-2H3;1-2H3. The number of anilines is 1. The van der Waals surface area contributed by atoms with E-state index >= 15 is 0 Å². The Bertz CT molecular complexity index is 562. The quantitative estimate of drug-likeness (QED) is 0.817. The number of fused-ring (bicyclic) bond motifs is 1. The number of nitriles is 1. The molecule has 0 unspecified atom stereocenters. The molecule has 0 bridgehead atoms. The Labute approximate surface area is 107 Å². The van der Waals surface area contributed by atoms with Crippen LogP contribution >= 0.6 is 11.3 Å². The maximum Gasteiger partial charge on any atom is 0.105 e. The number of rotatable bonds is 1. The van der Waals surface area contributed by atoms with Gasteiger partial charge in [-0.25, -0.2) is 0 Å². The van der Waals surface area contributed by atoms with Gasteiger partial charge in [0.15, 0.2) is 0 Å². The smallest absolute Gasteiger partial charge is 0.105 e. The third kappa shape index (κ3) is 2.27. The number of nitrogen functional groups attached to an aromatic ring is 1. The molecule has 0 spiro atoms. The van der Waals surface area contributed by atoms with Crippen LogP contribution in [0.2, 0.25) is 0 Å². The second-order valence-corrected chi connectivity index (χ2v) is 4.62. The van der Waals surface area contributed by atoms with E-state index in [1.807, 2.05) is 19.9 Å². The molecule has 0 amide bonds. The van der Waals surface area contributed by atoms with E-state index in [1.54, 1.807) is 0 Å². The Balaban J connectivity index is 0.000000686. The van der Waals surface area contributed by atoms with Crippen LogP contribution in [0.15, 0.2) is 12.1 Å². The van der Waals surface area contributed by atoms with Crippen molar-refractivity contribution in [1.29, 1.82) is 5.26 Å². The summed E-state index contributed by atoms with van der Waals surface area (Å²) < 4.78 is 1.12. The topological polar surface area (TPSA) is 49.8 Å². The third-order valence-electron chi connectivity index (χ3n) is 2.69. The van der Waals surface area contributed by atoms with Crippen molar-refractivity contribution in [2.45, 2.75) is 34.1 Å². The molecule has 1 aromatic carbocycles. The second kappa shape index (κ2) is 5.70. The van der Waals surface area contributed by atoms with Crippen molar-refractivity contribution in [3.63, 3.8) is 0 Å². The first-order valence-electron chi connectivity index (χ1n) is 5.89. The first-order chi connectivity index (χ1) is 8.19. The van der Waals surface area contributed by atoms with E-state index in [2.05, 4.69) is 26.0 Å². The minimum atomic E-state index is 0.632. The molecule has 2 aromatic rings. The fraction of sp³-hybridized carbons (Fsp3) is 0.357. The number of aryl methyl sites for hydroxylation is 2. The minimum Gasteiger partial charge on any atom is -0.389 e. The minimum absolute atomic E-state index is 0.632. The van der Waals surface area contributed by atoms with Gasteiger partial charge in [-0.1, -0.05) is 26.8 Å². The molecule has 0 radical (unpaired) electrons. The molecule has 2 nitrogen and oxygen atoms in total. The van der Waals surface area contributed by atoms with Crippen LogP contribution < -0.4 is 5.73 Å². The Morgan fingerprint density at radius 3 is 2.53 bits per heavy atom. The van der Waals surface area contributed by atoms with Crippen LogP contribution in [0.1, 0.15) is 37.5 Å². The van der Waals surface area contributed by atoms with Crippen LogP contribution in [-0.4, -0.2) is 0 Å². The van der Waals surface area contributed by atoms with Gasteiger partial charge < -0.3 is 5.73 Å². The normalized spacial score (nSPS) is 9.59. The van der Waals surface area contributed by atoms with Crippen molar-refractivity contribution in [3.8, 4) is 6.07 Å². The van der Waals surface area contributed by atoms with Gasteiger partial charge in [0.1, 0.15) is 11.1 Å².